The fourth-order valence-corrected chi connectivity index (χ4v) is 3.27. The van der Waals surface area contributed by atoms with E-state index in [1.807, 2.05) is 0 Å². The summed E-state index contributed by atoms with van der Waals surface area (Å²) in [6, 6.07) is 10.3. The number of carbonyl (C=O) groups excluding carboxylic acids is 1. The molecule has 0 saturated heterocycles. The number of nitrogens with one attached hydrogen (secondary N) is 1. The smallest absolute Gasteiger partial charge is 0.416 e. The van der Waals surface area contributed by atoms with Crippen molar-refractivity contribution in [2.24, 2.45) is 5.92 Å². The van der Waals surface area contributed by atoms with Gasteiger partial charge in [0, 0.05) is 25.4 Å². The van der Waals surface area contributed by atoms with Gasteiger partial charge in [0.25, 0.3) is 0 Å². The lowest BCUT2D eigenvalue weighted by Gasteiger charge is -2.15. The Morgan fingerprint density at radius 3 is 2.52 bits per heavy atom. The molecule has 0 bridgehead atoms. The number of hydrogen-bond donors (Lipinski definition) is 2. The third-order valence-electron chi connectivity index (χ3n) is 4.92. The number of aliphatic carboxylic acids is 1. The normalized spacial score (nSPS) is 14.0. The van der Waals surface area contributed by atoms with Gasteiger partial charge < -0.3 is 10.4 Å². The summed E-state index contributed by atoms with van der Waals surface area (Å²) in [6.45, 7) is 0.588. The van der Waals surface area contributed by atoms with Crippen molar-refractivity contribution in [3.63, 3.8) is 0 Å². The highest BCUT2D eigenvalue weighted by Crippen LogP contribution is 2.34. The monoisotopic (exact) mass is 405 g/mol. The Kier molecular flexibility index (Phi) is 6.37. The summed E-state index contributed by atoms with van der Waals surface area (Å²) in [5.74, 6) is -0.613. The number of hydrogen-bond acceptors (Lipinski definition) is 3. The van der Waals surface area contributed by atoms with Gasteiger partial charge in [-0.3, -0.25) is 9.59 Å². The minimum absolute atomic E-state index is 0.161. The zero-order valence-corrected chi connectivity index (χ0v) is 15.8. The number of ketones is 1. The lowest BCUT2D eigenvalue weighted by Crippen LogP contribution is -2.19. The first-order chi connectivity index (χ1) is 13.7. The molecule has 1 saturated carbocycles. The zero-order valence-electron chi connectivity index (χ0n) is 15.8. The average Bonchev–Trinajstić information content (AvgIpc) is 3.49. The van der Waals surface area contributed by atoms with E-state index in [-0.39, 0.29) is 24.7 Å². The Balaban J connectivity index is 1.81. The Bertz CT molecular complexity index is 904. The first kappa shape index (κ1) is 21.0. The molecule has 0 amide bonds. The first-order valence-corrected chi connectivity index (χ1v) is 9.48. The molecular weight excluding hydrogens is 383 g/mol. The molecule has 154 valence electrons. The molecule has 4 nitrogen and oxygen atoms in total. The number of halogens is 3. The van der Waals surface area contributed by atoms with Gasteiger partial charge in [0.1, 0.15) is 5.78 Å². The van der Waals surface area contributed by atoms with Crippen LogP contribution in [0.15, 0.2) is 42.5 Å². The number of rotatable bonds is 9. The highest BCUT2D eigenvalue weighted by Gasteiger charge is 2.31. The summed E-state index contributed by atoms with van der Waals surface area (Å²) >= 11 is 0. The van der Waals surface area contributed by atoms with Gasteiger partial charge in [-0.15, -0.1) is 0 Å². The highest BCUT2D eigenvalue weighted by molar-refractivity contribution is 5.83. The summed E-state index contributed by atoms with van der Waals surface area (Å²) in [5.41, 5.74) is 1.54. The van der Waals surface area contributed by atoms with Gasteiger partial charge >= 0.3 is 12.1 Å². The van der Waals surface area contributed by atoms with Gasteiger partial charge in [0.15, 0.2) is 0 Å². The van der Waals surface area contributed by atoms with Crippen molar-refractivity contribution >= 4 is 11.8 Å². The summed E-state index contributed by atoms with van der Waals surface area (Å²) < 4.78 is 39.5. The van der Waals surface area contributed by atoms with Crippen molar-refractivity contribution in [1.29, 1.82) is 0 Å². The van der Waals surface area contributed by atoms with E-state index >= 15 is 0 Å². The SMILES string of the molecule is O=C(O)Cc1cccc(-c2ccc(C(F)(F)F)cc2CNCCC(=O)C2CC2)c1. The lowest BCUT2D eigenvalue weighted by molar-refractivity contribution is -0.138. The van der Waals surface area contributed by atoms with Crippen molar-refractivity contribution in [3.05, 3.63) is 59.2 Å². The Morgan fingerprint density at radius 2 is 1.86 bits per heavy atom. The van der Waals surface area contributed by atoms with Crippen molar-refractivity contribution in [3.8, 4) is 11.1 Å². The number of Topliss-reactive ketones (excluding diaryl/α,β-unsaturated/α-hetero) is 1. The summed E-state index contributed by atoms with van der Waals surface area (Å²) in [7, 11) is 0. The number of carbonyl (C=O) groups is 2. The molecule has 1 aliphatic carbocycles. The maximum Gasteiger partial charge on any atom is 0.416 e. The quantitative estimate of drug-likeness (QED) is 0.605. The molecule has 1 fully saturated rings. The van der Waals surface area contributed by atoms with Crippen molar-refractivity contribution in [1.82, 2.24) is 5.32 Å². The molecular formula is C22H22F3NO3. The van der Waals surface area contributed by atoms with Crippen LogP contribution in [-0.2, 0) is 28.7 Å². The number of alkyl halides is 3. The van der Waals surface area contributed by atoms with Crippen molar-refractivity contribution < 1.29 is 27.9 Å². The summed E-state index contributed by atoms with van der Waals surface area (Å²) in [5, 5.41) is 12.0. The Hall–Kier alpha value is -2.67. The minimum Gasteiger partial charge on any atom is -0.481 e. The molecule has 3 rings (SSSR count). The van der Waals surface area contributed by atoms with Crippen LogP contribution in [0.1, 0.15) is 36.0 Å². The minimum atomic E-state index is -4.46. The maximum atomic E-state index is 13.2. The predicted molar refractivity (Wildman–Crippen MR) is 102 cm³/mol. The third-order valence-corrected chi connectivity index (χ3v) is 4.92. The molecule has 0 radical (unpaired) electrons. The van der Waals surface area contributed by atoms with E-state index in [0.717, 1.165) is 25.0 Å². The van der Waals surface area contributed by atoms with Crippen LogP contribution < -0.4 is 5.32 Å². The van der Waals surface area contributed by atoms with Crippen LogP contribution in [0.4, 0.5) is 13.2 Å². The van der Waals surface area contributed by atoms with Crippen LogP contribution in [0.3, 0.4) is 0 Å². The second-order valence-corrected chi connectivity index (χ2v) is 7.31. The van der Waals surface area contributed by atoms with Gasteiger partial charge in [0.05, 0.1) is 12.0 Å². The molecule has 2 N–H and O–H groups in total. The fourth-order valence-electron chi connectivity index (χ4n) is 3.27. The molecule has 2 aromatic rings. The van der Waals surface area contributed by atoms with E-state index in [1.54, 1.807) is 24.3 Å². The van der Waals surface area contributed by atoms with E-state index in [1.165, 1.54) is 6.07 Å². The molecule has 0 aromatic heterocycles. The molecule has 7 heteroatoms. The lowest BCUT2D eigenvalue weighted by atomic mass is 9.95. The number of carboxylic acids is 1. The second-order valence-electron chi connectivity index (χ2n) is 7.31. The first-order valence-electron chi connectivity index (χ1n) is 9.48. The largest absolute Gasteiger partial charge is 0.481 e. The summed E-state index contributed by atoms with van der Waals surface area (Å²) in [6.07, 6.45) is -2.38. The topological polar surface area (TPSA) is 66.4 Å². The van der Waals surface area contributed by atoms with Crippen LogP contribution >= 0.6 is 0 Å². The van der Waals surface area contributed by atoms with E-state index < -0.39 is 17.7 Å². The standard InChI is InChI=1S/C22H22F3NO3/c23-22(24,25)18-6-7-19(16-3-1-2-14(10-16)11-21(28)29)17(12-18)13-26-9-8-20(27)15-4-5-15/h1-3,6-7,10,12,15,26H,4-5,8-9,11,13H2,(H,28,29). The molecule has 0 unspecified atom stereocenters. The van der Waals surface area contributed by atoms with Crippen LogP contribution in [0, 0.1) is 5.92 Å². The zero-order chi connectivity index (χ0) is 21.0. The molecule has 2 aromatic carbocycles. The van der Waals surface area contributed by atoms with Crippen LogP contribution in [0.2, 0.25) is 0 Å². The van der Waals surface area contributed by atoms with Gasteiger partial charge in [-0.2, -0.15) is 13.2 Å². The average molecular weight is 405 g/mol. The van der Waals surface area contributed by atoms with Crippen LogP contribution in [0.25, 0.3) is 11.1 Å². The van der Waals surface area contributed by atoms with Gasteiger partial charge in [-0.1, -0.05) is 30.3 Å². The molecule has 0 atom stereocenters. The van der Waals surface area contributed by atoms with E-state index in [2.05, 4.69) is 5.32 Å². The van der Waals surface area contributed by atoms with E-state index in [9.17, 15) is 22.8 Å². The number of benzene rings is 2. The highest BCUT2D eigenvalue weighted by atomic mass is 19.4. The Morgan fingerprint density at radius 1 is 1.10 bits per heavy atom. The third kappa shape index (κ3) is 5.90. The Labute approximate surface area is 166 Å². The molecule has 0 spiro atoms. The van der Waals surface area contributed by atoms with Gasteiger partial charge in [-0.05, 0) is 47.2 Å². The molecule has 0 aliphatic heterocycles. The number of carboxylic acid groups (broad SMARTS) is 1. The van der Waals surface area contributed by atoms with E-state index in [0.29, 0.717) is 35.2 Å². The fraction of sp³-hybridized carbons (Fsp3) is 0.364. The second kappa shape index (κ2) is 8.78. The van der Waals surface area contributed by atoms with Crippen LogP contribution in [0.5, 0.6) is 0 Å². The van der Waals surface area contributed by atoms with Crippen molar-refractivity contribution in [2.45, 2.75) is 38.4 Å². The van der Waals surface area contributed by atoms with Gasteiger partial charge in [-0.25, -0.2) is 0 Å². The molecule has 0 heterocycles. The molecule has 29 heavy (non-hydrogen) atoms. The van der Waals surface area contributed by atoms with Crippen LogP contribution in [-0.4, -0.2) is 23.4 Å². The van der Waals surface area contributed by atoms with E-state index in [4.69, 9.17) is 5.11 Å². The molecule has 1 aliphatic rings. The van der Waals surface area contributed by atoms with Gasteiger partial charge in [0.2, 0.25) is 0 Å². The van der Waals surface area contributed by atoms with Crippen molar-refractivity contribution in [2.75, 3.05) is 6.54 Å². The predicted octanol–water partition coefficient (Wildman–Crippen LogP) is 4.46. The summed E-state index contributed by atoms with van der Waals surface area (Å²) in [4.78, 5) is 22.7. The maximum absolute atomic E-state index is 13.2.